The molecule has 0 spiro atoms. The molecule has 0 bridgehead atoms. The molecule has 1 saturated carbocycles. The van der Waals surface area contributed by atoms with Crippen LogP contribution in [-0.4, -0.2) is 49.1 Å². The van der Waals surface area contributed by atoms with Gasteiger partial charge in [0.05, 0.1) is 24.3 Å². The fraction of sp³-hybridized carbons (Fsp3) is 0.625. The highest BCUT2D eigenvalue weighted by atomic mass is 32.2. The van der Waals surface area contributed by atoms with E-state index >= 15 is 0 Å². The molecule has 2 fully saturated rings. The van der Waals surface area contributed by atoms with Gasteiger partial charge in [0.2, 0.25) is 0 Å². The molecule has 3 rings (SSSR count). The van der Waals surface area contributed by atoms with Crippen LogP contribution in [0.3, 0.4) is 0 Å². The van der Waals surface area contributed by atoms with Gasteiger partial charge in [-0.15, -0.1) is 11.8 Å². The molecule has 1 N–H and O–H groups in total. The quantitative estimate of drug-likeness (QED) is 0.813. The standard InChI is InChI=1S/C16H22N2O3S/c1-22-16-12(3-2-7-17-16)15(19)18-13-10-20-8-6-14(13)21-9-11-4-5-11/h2-3,7,11,13-14H,4-6,8-10H2,1H3,(H,18,19)/t13-,14+/m1/s1. The Bertz CT molecular complexity index is 522. The summed E-state index contributed by atoms with van der Waals surface area (Å²) < 4.78 is 11.5. The fourth-order valence-corrected chi connectivity index (χ4v) is 3.12. The van der Waals surface area contributed by atoms with Crippen molar-refractivity contribution >= 4 is 17.7 Å². The van der Waals surface area contributed by atoms with Gasteiger partial charge < -0.3 is 14.8 Å². The van der Waals surface area contributed by atoms with Crippen molar-refractivity contribution in [3.05, 3.63) is 23.9 Å². The van der Waals surface area contributed by atoms with Gasteiger partial charge in [-0.1, -0.05) is 0 Å². The van der Waals surface area contributed by atoms with Crippen molar-refractivity contribution in [1.82, 2.24) is 10.3 Å². The first-order valence-corrected chi connectivity index (χ1v) is 8.99. The highest BCUT2D eigenvalue weighted by Crippen LogP contribution is 2.30. The summed E-state index contributed by atoms with van der Waals surface area (Å²) >= 11 is 1.47. The number of carbonyl (C=O) groups is 1. The average Bonchev–Trinajstić information content (AvgIpc) is 3.38. The lowest BCUT2D eigenvalue weighted by atomic mass is 10.1. The van der Waals surface area contributed by atoms with Crippen molar-refractivity contribution in [3.8, 4) is 0 Å². The van der Waals surface area contributed by atoms with Gasteiger partial charge in [-0.05, 0) is 43.6 Å². The van der Waals surface area contributed by atoms with Gasteiger partial charge in [0.15, 0.2) is 0 Å². The van der Waals surface area contributed by atoms with Crippen molar-refractivity contribution in [2.45, 2.75) is 36.4 Å². The Morgan fingerprint density at radius 3 is 3.14 bits per heavy atom. The lowest BCUT2D eigenvalue weighted by molar-refractivity contribution is -0.0567. The van der Waals surface area contributed by atoms with E-state index in [0.29, 0.717) is 18.8 Å². The van der Waals surface area contributed by atoms with Crippen molar-refractivity contribution in [1.29, 1.82) is 0 Å². The zero-order chi connectivity index (χ0) is 15.4. The predicted octanol–water partition coefficient (Wildman–Crippen LogP) is 2.12. The van der Waals surface area contributed by atoms with Crippen molar-refractivity contribution in [2.24, 2.45) is 5.92 Å². The molecular weight excluding hydrogens is 300 g/mol. The molecule has 22 heavy (non-hydrogen) atoms. The summed E-state index contributed by atoms with van der Waals surface area (Å²) in [7, 11) is 0. The maximum Gasteiger partial charge on any atom is 0.254 e. The fourth-order valence-electron chi connectivity index (χ4n) is 2.57. The third-order valence-corrected chi connectivity index (χ3v) is 4.77. The zero-order valence-electron chi connectivity index (χ0n) is 12.8. The molecule has 0 aromatic carbocycles. The number of ether oxygens (including phenoxy) is 2. The van der Waals surface area contributed by atoms with Crippen LogP contribution in [0, 0.1) is 5.92 Å². The van der Waals surface area contributed by atoms with Crippen molar-refractivity contribution in [3.63, 3.8) is 0 Å². The Morgan fingerprint density at radius 2 is 2.36 bits per heavy atom. The van der Waals surface area contributed by atoms with Crippen LogP contribution in [0.1, 0.15) is 29.6 Å². The second-order valence-electron chi connectivity index (χ2n) is 5.82. The van der Waals surface area contributed by atoms with Gasteiger partial charge >= 0.3 is 0 Å². The molecule has 1 aliphatic carbocycles. The second-order valence-corrected chi connectivity index (χ2v) is 6.61. The molecule has 5 nitrogen and oxygen atoms in total. The number of rotatable bonds is 6. The Kier molecular flexibility index (Phi) is 5.33. The number of pyridine rings is 1. The van der Waals surface area contributed by atoms with E-state index < -0.39 is 0 Å². The predicted molar refractivity (Wildman–Crippen MR) is 85.2 cm³/mol. The zero-order valence-corrected chi connectivity index (χ0v) is 13.6. The summed E-state index contributed by atoms with van der Waals surface area (Å²) in [5, 5.41) is 3.80. The van der Waals surface area contributed by atoms with Crippen LogP contribution in [0.2, 0.25) is 0 Å². The summed E-state index contributed by atoms with van der Waals surface area (Å²) in [5.41, 5.74) is 0.613. The SMILES string of the molecule is CSc1ncccc1C(=O)N[C@@H]1COCC[C@@H]1OCC1CC1. The highest BCUT2D eigenvalue weighted by molar-refractivity contribution is 7.98. The van der Waals surface area contributed by atoms with E-state index in [0.717, 1.165) is 24.0 Å². The molecule has 1 aromatic rings. The van der Waals surface area contributed by atoms with E-state index in [1.54, 1.807) is 18.3 Å². The third kappa shape index (κ3) is 4.00. The van der Waals surface area contributed by atoms with E-state index in [9.17, 15) is 4.79 Å². The minimum atomic E-state index is -0.104. The first-order chi connectivity index (χ1) is 10.8. The van der Waals surface area contributed by atoms with E-state index in [1.807, 2.05) is 6.26 Å². The lowest BCUT2D eigenvalue weighted by Crippen LogP contribution is -2.50. The monoisotopic (exact) mass is 322 g/mol. The number of hydrogen-bond acceptors (Lipinski definition) is 5. The Morgan fingerprint density at radius 1 is 1.50 bits per heavy atom. The molecule has 0 radical (unpaired) electrons. The van der Waals surface area contributed by atoms with Gasteiger partial charge in [0.25, 0.3) is 5.91 Å². The average molecular weight is 322 g/mol. The number of carbonyl (C=O) groups excluding carboxylic acids is 1. The van der Waals surface area contributed by atoms with E-state index in [2.05, 4.69) is 10.3 Å². The van der Waals surface area contributed by atoms with Gasteiger partial charge in [-0.2, -0.15) is 0 Å². The van der Waals surface area contributed by atoms with Crippen LogP contribution in [-0.2, 0) is 9.47 Å². The Labute approximate surface area is 135 Å². The van der Waals surface area contributed by atoms with Gasteiger partial charge in [0, 0.05) is 19.4 Å². The molecule has 2 heterocycles. The Hall–Kier alpha value is -1.11. The van der Waals surface area contributed by atoms with E-state index in [4.69, 9.17) is 9.47 Å². The summed E-state index contributed by atoms with van der Waals surface area (Å²) in [6.07, 6.45) is 7.05. The molecular formula is C16H22N2O3S. The molecule has 1 saturated heterocycles. The molecule has 1 amide bonds. The number of thioether (sulfide) groups is 1. The Balaban J connectivity index is 1.62. The van der Waals surface area contributed by atoms with Gasteiger partial charge in [-0.3, -0.25) is 4.79 Å². The minimum Gasteiger partial charge on any atom is -0.379 e. The maximum absolute atomic E-state index is 12.5. The molecule has 2 atom stereocenters. The highest BCUT2D eigenvalue weighted by Gasteiger charge is 2.31. The summed E-state index contributed by atoms with van der Waals surface area (Å²) in [5.74, 6) is 0.619. The summed E-state index contributed by atoms with van der Waals surface area (Å²) in [6, 6.07) is 3.50. The topological polar surface area (TPSA) is 60.5 Å². The van der Waals surface area contributed by atoms with Crippen LogP contribution >= 0.6 is 11.8 Å². The maximum atomic E-state index is 12.5. The number of nitrogens with zero attached hydrogens (tertiary/aromatic N) is 1. The van der Waals surface area contributed by atoms with Crippen LogP contribution in [0.25, 0.3) is 0 Å². The van der Waals surface area contributed by atoms with Crippen molar-refractivity contribution in [2.75, 3.05) is 26.1 Å². The molecule has 1 aromatic heterocycles. The van der Waals surface area contributed by atoms with Crippen LogP contribution < -0.4 is 5.32 Å². The minimum absolute atomic E-state index is 0.0488. The van der Waals surface area contributed by atoms with E-state index in [1.165, 1.54) is 24.6 Å². The summed E-state index contributed by atoms with van der Waals surface area (Å²) in [6.45, 7) is 2.01. The molecule has 0 unspecified atom stereocenters. The first kappa shape index (κ1) is 15.8. The van der Waals surface area contributed by atoms with Gasteiger partial charge in [-0.25, -0.2) is 4.98 Å². The summed E-state index contributed by atoms with van der Waals surface area (Å²) in [4.78, 5) is 16.8. The molecule has 1 aliphatic heterocycles. The number of hydrogen-bond donors (Lipinski definition) is 1. The largest absolute Gasteiger partial charge is 0.379 e. The van der Waals surface area contributed by atoms with Crippen LogP contribution in [0.4, 0.5) is 0 Å². The second kappa shape index (κ2) is 7.44. The first-order valence-electron chi connectivity index (χ1n) is 7.77. The van der Waals surface area contributed by atoms with Crippen LogP contribution in [0.5, 0.6) is 0 Å². The van der Waals surface area contributed by atoms with Crippen molar-refractivity contribution < 1.29 is 14.3 Å². The smallest absolute Gasteiger partial charge is 0.254 e. The number of nitrogens with one attached hydrogen (secondary N) is 1. The van der Waals surface area contributed by atoms with E-state index in [-0.39, 0.29) is 18.1 Å². The lowest BCUT2D eigenvalue weighted by Gasteiger charge is -2.32. The van der Waals surface area contributed by atoms with Gasteiger partial charge in [0.1, 0.15) is 5.03 Å². The number of aromatic nitrogens is 1. The molecule has 120 valence electrons. The number of amides is 1. The third-order valence-electron chi connectivity index (χ3n) is 4.06. The molecule has 6 heteroatoms. The van der Waals surface area contributed by atoms with Crippen LogP contribution in [0.15, 0.2) is 23.4 Å². The molecule has 2 aliphatic rings. The normalized spacial score (nSPS) is 25.0.